The lowest BCUT2D eigenvalue weighted by Crippen LogP contribution is -2.46. The second-order valence-electron chi connectivity index (χ2n) is 6.40. The van der Waals surface area contributed by atoms with Crippen molar-refractivity contribution < 1.29 is 0 Å². The normalized spacial score (nSPS) is 20.4. The van der Waals surface area contributed by atoms with E-state index in [1.165, 1.54) is 11.3 Å². The van der Waals surface area contributed by atoms with Gasteiger partial charge in [0.2, 0.25) is 0 Å². The molecule has 1 atom stereocenters. The van der Waals surface area contributed by atoms with Crippen LogP contribution in [0.2, 0.25) is 0 Å². The molecular weight excluding hydrogens is 232 g/mol. The second-order valence-corrected chi connectivity index (χ2v) is 6.40. The van der Waals surface area contributed by atoms with Gasteiger partial charge in [-0.25, -0.2) is 0 Å². The first-order valence-corrected chi connectivity index (χ1v) is 7.20. The average molecular weight is 258 g/mol. The summed E-state index contributed by atoms with van der Waals surface area (Å²) in [6.07, 6.45) is 4.37. The number of fused-ring (bicyclic) bond motifs is 1. The lowest BCUT2D eigenvalue weighted by molar-refractivity contribution is 0.273. The Labute approximate surface area is 117 Å². The van der Waals surface area contributed by atoms with Crippen LogP contribution in [0.4, 0.5) is 5.69 Å². The second kappa shape index (κ2) is 5.79. The van der Waals surface area contributed by atoms with E-state index in [0.717, 1.165) is 19.6 Å². The Morgan fingerprint density at radius 2 is 2.05 bits per heavy atom. The van der Waals surface area contributed by atoms with Gasteiger partial charge in [-0.3, -0.25) is 0 Å². The van der Waals surface area contributed by atoms with E-state index in [9.17, 15) is 0 Å². The van der Waals surface area contributed by atoms with Gasteiger partial charge in [-0.15, -0.1) is 0 Å². The number of rotatable bonds is 2. The quantitative estimate of drug-likeness (QED) is 0.816. The van der Waals surface area contributed by atoms with E-state index in [1.54, 1.807) is 0 Å². The van der Waals surface area contributed by atoms with Crippen molar-refractivity contribution in [2.45, 2.75) is 40.3 Å². The molecule has 0 saturated heterocycles. The third-order valence-corrected chi connectivity index (χ3v) is 3.88. The lowest BCUT2D eigenvalue weighted by atomic mass is 9.86. The predicted octanol–water partition coefficient (Wildman–Crippen LogP) is 3.59. The number of nitrogens with zero attached hydrogens (tertiary/aromatic N) is 1. The van der Waals surface area contributed by atoms with Crippen molar-refractivity contribution in [1.82, 2.24) is 5.32 Å². The maximum absolute atomic E-state index is 3.72. The number of allylic oxidation sites excluding steroid dienone is 1. The Kier molecular flexibility index (Phi) is 4.31. The Bertz CT molecular complexity index is 443. The summed E-state index contributed by atoms with van der Waals surface area (Å²) in [6, 6.07) is 9.25. The molecule has 1 aromatic carbocycles. The molecule has 2 rings (SSSR count). The van der Waals surface area contributed by atoms with Gasteiger partial charge in [0, 0.05) is 31.4 Å². The maximum Gasteiger partial charge on any atom is 0.0415 e. The van der Waals surface area contributed by atoms with E-state index in [2.05, 4.69) is 74.3 Å². The molecule has 1 heterocycles. The fourth-order valence-corrected chi connectivity index (χ4v) is 2.57. The van der Waals surface area contributed by atoms with Crippen molar-refractivity contribution >= 4 is 5.69 Å². The highest BCUT2D eigenvalue weighted by atomic mass is 15.2. The van der Waals surface area contributed by atoms with Crippen LogP contribution in [-0.2, 0) is 6.54 Å². The van der Waals surface area contributed by atoms with E-state index in [1.807, 2.05) is 0 Å². The van der Waals surface area contributed by atoms with E-state index in [0.29, 0.717) is 6.04 Å². The highest BCUT2D eigenvalue weighted by Gasteiger charge is 2.29. The number of para-hydroxylation sites is 1. The van der Waals surface area contributed by atoms with Crippen LogP contribution < -0.4 is 10.2 Å². The summed E-state index contributed by atoms with van der Waals surface area (Å²) >= 11 is 0. The van der Waals surface area contributed by atoms with Gasteiger partial charge in [-0.05, 0) is 24.0 Å². The van der Waals surface area contributed by atoms with Crippen LogP contribution in [0, 0.1) is 5.41 Å². The van der Waals surface area contributed by atoms with Gasteiger partial charge >= 0.3 is 0 Å². The van der Waals surface area contributed by atoms with Gasteiger partial charge in [0.25, 0.3) is 0 Å². The zero-order chi connectivity index (χ0) is 13.9. The molecule has 0 aliphatic carbocycles. The van der Waals surface area contributed by atoms with Crippen molar-refractivity contribution in [1.29, 1.82) is 0 Å². The lowest BCUT2D eigenvalue weighted by Gasteiger charge is -2.34. The standard InChI is InChI=1S/C17H26N2/c1-5-6-11-19-13-16(17(2,3)4)18-12-14-9-7-8-10-15(14)19/h5-10,16,18H,11-13H2,1-4H3/b6-5+. The smallest absolute Gasteiger partial charge is 0.0415 e. The van der Waals surface area contributed by atoms with Gasteiger partial charge < -0.3 is 10.2 Å². The fourth-order valence-electron chi connectivity index (χ4n) is 2.57. The molecule has 2 nitrogen and oxygen atoms in total. The van der Waals surface area contributed by atoms with Crippen LogP contribution in [0.5, 0.6) is 0 Å². The Morgan fingerprint density at radius 3 is 2.74 bits per heavy atom. The minimum absolute atomic E-state index is 0.274. The van der Waals surface area contributed by atoms with Crippen LogP contribution in [0.1, 0.15) is 33.3 Å². The van der Waals surface area contributed by atoms with Crippen LogP contribution in [0.15, 0.2) is 36.4 Å². The van der Waals surface area contributed by atoms with Crippen molar-refractivity contribution in [2.24, 2.45) is 5.41 Å². The third-order valence-electron chi connectivity index (χ3n) is 3.88. The van der Waals surface area contributed by atoms with Crippen molar-refractivity contribution in [3.63, 3.8) is 0 Å². The monoisotopic (exact) mass is 258 g/mol. The molecule has 2 heteroatoms. The Balaban J connectivity index is 2.29. The molecule has 0 aromatic heterocycles. The van der Waals surface area contributed by atoms with E-state index >= 15 is 0 Å². The molecule has 0 fully saturated rings. The first kappa shape index (κ1) is 14.1. The number of hydrogen-bond acceptors (Lipinski definition) is 2. The molecule has 0 spiro atoms. The Morgan fingerprint density at radius 1 is 1.32 bits per heavy atom. The van der Waals surface area contributed by atoms with E-state index in [-0.39, 0.29) is 5.41 Å². The highest BCUT2D eigenvalue weighted by molar-refractivity contribution is 5.55. The van der Waals surface area contributed by atoms with Crippen LogP contribution in [0.25, 0.3) is 0 Å². The summed E-state index contributed by atoms with van der Waals surface area (Å²) in [6.45, 7) is 12.0. The number of hydrogen-bond donors (Lipinski definition) is 1. The summed E-state index contributed by atoms with van der Waals surface area (Å²) in [4.78, 5) is 2.49. The van der Waals surface area contributed by atoms with Crippen molar-refractivity contribution in [2.75, 3.05) is 18.0 Å². The minimum atomic E-state index is 0.274. The van der Waals surface area contributed by atoms with Gasteiger partial charge in [0.1, 0.15) is 0 Å². The first-order valence-electron chi connectivity index (χ1n) is 7.20. The SMILES string of the molecule is C/C=C/CN1CC(C(C)(C)C)NCc2ccccc21. The van der Waals surface area contributed by atoms with Crippen molar-refractivity contribution in [3.05, 3.63) is 42.0 Å². The largest absolute Gasteiger partial charge is 0.366 e. The van der Waals surface area contributed by atoms with Crippen LogP contribution in [-0.4, -0.2) is 19.1 Å². The first-order chi connectivity index (χ1) is 9.02. The zero-order valence-corrected chi connectivity index (χ0v) is 12.6. The highest BCUT2D eigenvalue weighted by Crippen LogP contribution is 2.28. The van der Waals surface area contributed by atoms with Crippen LogP contribution in [0.3, 0.4) is 0 Å². The molecule has 0 saturated carbocycles. The molecule has 1 aromatic rings. The molecule has 1 aliphatic heterocycles. The minimum Gasteiger partial charge on any atom is -0.366 e. The van der Waals surface area contributed by atoms with E-state index in [4.69, 9.17) is 0 Å². The van der Waals surface area contributed by atoms with Crippen LogP contribution >= 0.6 is 0 Å². The summed E-state index contributed by atoms with van der Waals surface area (Å²) in [5, 5.41) is 3.72. The predicted molar refractivity (Wildman–Crippen MR) is 83.6 cm³/mol. The average Bonchev–Trinajstić information content (AvgIpc) is 2.55. The zero-order valence-electron chi connectivity index (χ0n) is 12.6. The van der Waals surface area contributed by atoms with Crippen molar-refractivity contribution in [3.8, 4) is 0 Å². The molecule has 0 bridgehead atoms. The molecule has 1 N–H and O–H groups in total. The molecule has 0 radical (unpaired) electrons. The molecule has 1 aliphatic rings. The molecule has 104 valence electrons. The summed E-state index contributed by atoms with van der Waals surface area (Å²) in [5.41, 5.74) is 3.05. The molecule has 1 unspecified atom stereocenters. The molecule has 19 heavy (non-hydrogen) atoms. The number of anilines is 1. The summed E-state index contributed by atoms with van der Waals surface area (Å²) in [7, 11) is 0. The van der Waals surface area contributed by atoms with Gasteiger partial charge in [0.15, 0.2) is 0 Å². The third kappa shape index (κ3) is 3.38. The summed E-state index contributed by atoms with van der Waals surface area (Å²) < 4.78 is 0. The van der Waals surface area contributed by atoms with Gasteiger partial charge in [-0.1, -0.05) is 51.1 Å². The van der Waals surface area contributed by atoms with E-state index < -0.39 is 0 Å². The number of benzene rings is 1. The maximum atomic E-state index is 3.72. The molecule has 0 amide bonds. The van der Waals surface area contributed by atoms with Gasteiger partial charge in [0.05, 0.1) is 0 Å². The van der Waals surface area contributed by atoms with Gasteiger partial charge in [-0.2, -0.15) is 0 Å². The molecular formula is C17H26N2. The Hall–Kier alpha value is -1.28. The fraction of sp³-hybridized carbons (Fsp3) is 0.529. The summed E-state index contributed by atoms with van der Waals surface area (Å²) in [5.74, 6) is 0. The topological polar surface area (TPSA) is 15.3 Å². The number of nitrogens with one attached hydrogen (secondary N) is 1.